The molecule has 0 N–H and O–H groups in total. The number of hydrogen-bond acceptors (Lipinski definition) is 4. The van der Waals surface area contributed by atoms with Crippen molar-refractivity contribution in [3.63, 3.8) is 0 Å². The topological polar surface area (TPSA) is 59.1 Å². The number of hydrogen-bond donors (Lipinski definition) is 0. The molecule has 1 fully saturated rings. The molecule has 1 heterocycles. The van der Waals surface area contributed by atoms with Crippen molar-refractivity contribution >= 4 is 11.8 Å². The minimum absolute atomic E-state index is 0.00222. The highest BCUT2D eigenvalue weighted by molar-refractivity contribution is 5.94. The quantitative estimate of drug-likeness (QED) is 0.665. The Morgan fingerprint density at radius 3 is 2.75 bits per heavy atom. The van der Waals surface area contributed by atoms with E-state index in [2.05, 4.69) is 0 Å². The van der Waals surface area contributed by atoms with Crippen LogP contribution >= 0.6 is 0 Å². The number of ether oxygens (including phenoxy) is 2. The van der Waals surface area contributed by atoms with Crippen LogP contribution in [0.25, 0.3) is 0 Å². The fourth-order valence-electron chi connectivity index (χ4n) is 2.66. The number of methoxy groups -OCH3 is 1. The van der Waals surface area contributed by atoms with Gasteiger partial charge in [-0.25, -0.2) is 4.39 Å². The third kappa shape index (κ3) is 4.75. The first kappa shape index (κ1) is 18.4. The van der Waals surface area contributed by atoms with E-state index in [-0.39, 0.29) is 30.7 Å². The Bertz CT molecular complexity index is 581. The lowest BCUT2D eigenvalue weighted by Crippen LogP contribution is -2.59. The molecule has 0 spiro atoms. The van der Waals surface area contributed by atoms with Gasteiger partial charge in [-0.3, -0.25) is 9.59 Å². The van der Waals surface area contributed by atoms with E-state index in [0.717, 1.165) is 0 Å². The fraction of sp³-hybridized carbons (Fsp3) is 0.529. The second-order valence-electron chi connectivity index (χ2n) is 5.69. The first-order valence-electron chi connectivity index (χ1n) is 7.92. The summed E-state index contributed by atoms with van der Waals surface area (Å²) in [4.78, 5) is 27.8. The molecule has 24 heavy (non-hydrogen) atoms. The first-order chi connectivity index (χ1) is 11.5. The second kappa shape index (κ2) is 8.75. The van der Waals surface area contributed by atoms with E-state index in [1.54, 1.807) is 26.2 Å². The van der Waals surface area contributed by atoms with Crippen LogP contribution in [0.4, 0.5) is 4.39 Å². The van der Waals surface area contributed by atoms with Crippen LogP contribution < -0.4 is 0 Å². The zero-order valence-corrected chi connectivity index (χ0v) is 14.0. The number of nitrogens with zero attached hydrogens (tertiary/aromatic N) is 2. The highest BCUT2D eigenvalue weighted by Crippen LogP contribution is 2.16. The predicted molar refractivity (Wildman–Crippen MR) is 85.7 cm³/mol. The molecule has 0 unspecified atom stereocenters. The lowest BCUT2D eigenvalue weighted by molar-refractivity contribution is -0.156. The van der Waals surface area contributed by atoms with Gasteiger partial charge in [0.1, 0.15) is 18.4 Å². The largest absolute Gasteiger partial charge is 0.382 e. The molecule has 1 saturated heterocycles. The van der Waals surface area contributed by atoms with Crippen molar-refractivity contribution < 1.29 is 23.5 Å². The van der Waals surface area contributed by atoms with Crippen molar-refractivity contribution in [1.29, 1.82) is 0 Å². The predicted octanol–water partition coefficient (Wildman–Crippen LogP) is 1.05. The van der Waals surface area contributed by atoms with Crippen molar-refractivity contribution in [2.24, 2.45) is 0 Å². The second-order valence-corrected chi connectivity index (χ2v) is 5.69. The van der Waals surface area contributed by atoms with E-state index >= 15 is 0 Å². The van der Waals surface area contributed by atoms with Gasteiger partial charge in [0.2, 0.25) is 11.8 Å². The van der Waals surface area contributed by atoms with Crippen molar-refractivity contribution in [2.75, 3.05) is 40.0 Å². The van der Waals surface area contributed by atoms with Gasteiger partial charge in [-0.1, -0.05) is 12.1 Å². The van der Waals surface area contributed by atoms with Gasteiger partial charge in [-0.05, 0) is 24.6 Å². The molecule has 1 aromatic carbocycles. The van der Waals surface area contributed by atoms with Crippen molar-refractivity contribution in [2.45, 2.75) is 19.5 Å². The molecule has 0 aliphatic carbocycles. The van der Waals surface area contributed by atoms with Gasteiger partial charge in [0.05, 0.1) is 19.8 Å². The average Bonchev–Trinajstić information content (AvgIpc) is 2.55. The molecular formula is C17H23FN2O4. The van der Waals surface area contributed by atoms with Crippen molar-refractivity contribution in [3.05, 3.63) is 35.6 Å². The summed E-state index contributed by atoms with van der Waals surface area (Å²) in [5, 5.41) is 0. The van der Waals surface area contributed by atoms with Crippen LogP contribution in [0.2, 0.25) is 0 Å². The summed E-state index contributed by atoms with van der Waals surface area (Å²) in [5.41, 5.74) is 0.666. The normalized spacial score (nSPS) is 18.4. The minimum atomic E-state index is -0.550. The van der Waals surface area contributed by atoms with Crippen molar-refractivity contribution in [1.82, 2.24) is 9.80 Å². The maximum Gasteiger partial charge on any atom is 0.245 e. The fourth-order valence-corrected chi connectivity index (χ4v) is 2.66. The summed E-state index contributed by atoms with van der Waals surface area (Å²) >= 11 is 0. The molecule has 1 atom stereocenters. The Hall–Kier alpha value is -1.99. The number of benzene rings is 1. The number of rotatable bonds is 8. The molecule has 1 aromatic rings. The number of piperazine rings is 1. The van der Waals surface area contributed by atoms with Gasteiger partial charge >= 0.3 is 0 Å². The van der Waals surface area contributed by atoms with Gasteiger partial charge in [-0.2, -0.15) is 0 Å². The van der Waals surface area contributed by atoms with E-state index in [4.69, 9.17) is 9.47 Å². The van der Waals surface area contributed by atoms with Gasteiger partial charge in [0.15, 0.2) is 0 Å². The van der Waals surface area contributed by atoms with E-state index < -0.39 is 6.04 Å². The number of carbonyl (C=O) groups excluding carboxylic acids is 2. The van der Waals surface area contributed by atoms with Crippen LogP contribution in [0.3, 0.4) is 0 Å². The Kier molecular flexibility index (Phi) is 6.69. The summed E-state index contributed by atoms with van der Waals surface area (Å²) in [5.74, 6) is -0.629. The SMILES string of the molecule is COCCOCCN1C(=O)CN(Cc2cccc(F)c2)C(=O)[C@@H]1C. The summed E-state index contributed by atoms with van der Waals surface area (Å²) in [6.07, 6.45) is 0. The molecule has 132 valence electrons. The summed E-state index contributed by atoms with van der Waals surface area (Å²) in [7, 11) is 1.59. The molecule has 0 bridgehead atoms. The zero-order valence-electron chi connectivity index (χ0n) is 14.0. The van der Waals surface area contributed by atoms with Crippen LogP contribution in [-0.4, -0.2) is 67.7 Å². The Balaban J connectivity index is 1.91. The molecule has 1 aliphatic heterocycles. The van der Waals surface area contributed by atoms with Crippen LogP contribution in [0.5, 0.6) is 0 Å². The van der Waals surface area contributed by atoms with Crippen molar-refractivity contribution in [3.8, 4) is 0 Å². The molecule has 0 saturated carbocycles. The maximum absolute atomic E-state index is 13.3. The summed E-state index contributed by atoms with van der Waals surface area (Å²) < 4.78 is 23.5. The minimum Gasteiger partial charge on any atom is -0.382 e. The van der Waals surface area contributed by atoms with E-state index in [9.17, 15) is 14.0 Å². The van der Waals surface area contributed by atoms with Crippen LogP contribution in [0.15, 0.2) is 24.3 Å². The van der Waals surface area contributed by atoms with E-state index in [1.165, 1.54) is 21.9 Å². The van der Waals surface area contributed by atoms with Gasteiger partial charge in [0, 0.05) is 20.2 Å². The molecule has 7 heteroatoms. The van der Waals surface area contributed by atoms with Crippen LogP contribution in [-0.2, 0) is 25.6 Å². The number of amides is 2. The number of carbonyl (C=O) groups is 2. The smallest absolute Gasteiger partial charge is 0.245 e. The maximum atomic E-state index is 13.3. The molecular weight excluding hydrogens is 315 g/mol. The standard InChI is InChI=1S/C17H23FN2O4/c1-13-17(22)19(11-14-4-3-5-15(18)10-14)12-16(21)20(13)6-7-24-9-8-23-2/h3-5,10,13H,6-9,11-12H2,1-2H3/t13-/m0/s1. The first-order valence-corrected chi connectivity index (χ1v) is 7.92. The van der Waals surface area contributed by atoms with Crippen LogP contribution in [0.1, 0.15) is 12.5 Å². The Morgan fingerprint density at radius 1 is 1.25 bits per heavy atom. The molecule has 0 aromatic heterocycles. The lowest BCUT2D eigenvalue weighted by atomic mass is 10.1. The molecule has 1 aliphatic rings. The van der Waals surface area contributed by atoms with Gasteiger partial charge in [-0.15, -0.1) is 0 Å². The highest BCUT2D eigenvalue weighted by Gasteiger charge is 2.36. The summed E-state index contributed by atoms with van der Waals surface area (Å²) in [6, 6.07) is 5.50. The van der Waals surface area contributed by atoms with E-state index in [0.29, 0.717) is 31.9 Å². The highest BCUT2D eigenvalue weighted by atomic mass is 19.1. The molecule has 2 amide bonds. The molecule has 0 radical (unpaired) electrons. The third-order valence-electron chi connectivity index (χ3n) is 3.95. The lowest BCUT2D eigenvalue weighted by Gasteiger charge is -2.38. The van der Waals surface area contributed by atoms with Gasteiger partial charge in [0.25, 0.3) is 0 Å². The monoisotopic (exact) mass is 338 g/mol. The molecule has 6 nitrogen and oxygen atoms in total. The third-order valence-corrected chi connectivity index (χ3v) is 3.95. The Morgan fingerprint density at radius 2 is 2.04 bits per heavy atom. The average molecular weight is 338 g/mol. The van der Waals surface area contributed by atoms with Crippen LogP contribution in [0, 0.1) is 5.82 Å². The zero-order chi connectivity index (χ0) is 17.5. The summed E-state index contributed by atoms with van der Waals surface area (Å²) in [6.45, 7) is 3.59. The van der Waals surface area contributed by atoms with Gasteiger partial charge < -0.3 is 19.3 Å². The van der Waals surface area contributed by atoms with E-state index in [1.807, 2.05) is 0 Å². The Labute approximate surface area is 141 Å². The molecule has 2 rings (SSSR count). The number of halogens is 1.